The minimum atomic E-state index is 0.0435. The van der Waals surface area contributed by atoms with Crippen LogP contribution < -0.4 is 4.74 Å². The quantitative estimate of drug-likeness (QED) is 0.646. The maximum Gasteiger partial charge on any atom is 0.274 e. The van der Waals surface area contributed by atoms with E-state index in [9.17, 15) is 4.79 Å². The Kier molecular flexibility index (Phi) is 5.89. The molecule has 6 nitrogen and oxygen atoms in total. The molecule has 150 valence electrons. The summed E-state index contributed by atoms with van der Waals surface area (Å²) in [6.45, 7) is 2.15. The van der Waals surface area contributed by atoms with Crippen LogP contribution >= 0.6 is 0 Å². The normalized spacial score (nSPS) is 14.7. The lowest BCUT2D eigenvalue weighted by Gasteiger charge is -2.31. The highest BCUT2D eigenvalue weighted by atomic mass is 16.5. The van der Waals surface area contributed by atoms with E-state index in [0.717, 1.165) is 43.7 Å². The maximum atomic E-state index is 12.5. The molecule has 4 rings (SSSR count). The summed E-state index contributed by atoms with van der Waals surface area (Å²) in [4.78, 5) is 22.7. The highest BCUT2D eigenvalue weighted by molar-refractivity contribution is 5.92. The second-order valence-electron chi connectivity index (χ2n) is 7.66. The van der Waals surface area contributed by atoms with Crippen LogP contribution in [-0.2, 0) is 20.1 Å². The number of likely N-dealkylation sites (tertiary alicyclic amines) is 1. The van der Waals surface area contributed by atoms with Crippen molar-refractivity contribution in [2.45, 2.75) is 25.9 Å². The van der Waals surface area contributed by atoms with Gasteiger partial charge in [0.05, 0.1) is 12.5 Å². The first-order chi connectivity index (χ1) is 14.2. The van der Waals surface area contributed by atoms with Gasteiger partial charge in [-0.05, 0) is 48.4 Å². The molecule has 1 aromatic carbocycles. The summed E-state index contributed by atoms with van der Waals surface area (Å²) in [7, 11) is 1.88. The molecule has 1 aliphatic rings. The van der Waals surface area contributed by atoms with Crippen molar-refractivity contribution < 1.29 is 9.53 Å². The Morgan fingerprint density at radius 1 is 1.14 bits per heavy atom. The summed E-state index contributed by atoms with van der Waals surface area (Å²) in [5.41, 5.74) is 3.02. The fourth-order valence-corrected chi connectivity index (χ4v) is 3.73. The Balaban J connectivity index is 1.24. The molecule has 0 N–H and O–H groups in total. The van der Waals surface area contributed by atoms with E-state index in [1.54, 1.807) is 24.9 Å². The predicted molar refractivity (Wildman–Crippen MR) is 111 cm³/mol. The molecule has 6 heteroatoms. The lowest BCUT2D eigenvalue weighted by Crippen LogP contribution is -2.39. The van der Waals surface area contributed by atoms with Crippen molar-refractivity contribution in [3.8, 4) is 5.75 Å². The highest BCUT2D eigenvalue weighted by Gasteiger charge is 2.24. The van der Waals surface area contributed by atoms with Crippen LogP contribution in [0.1, 0.15) is 34.5 Å². The first kappa shape index (κ1) is 19.2. The van der Waals surface area contributed by atoms with Crippen LogP contribution in [0.5, 0.6) is 5.75 Å². The lowest BCUT2D eigenvalue weighted by molar-refractivity contribution is 0.0685. The molecular formula is C23H26N4O2. The average molecular weight is 390 g/mol. The van der Waals surface area contributed by atoms with E-state index >= 15 is 0 Å². The number of hydrogen-bond acceptors (Lipinski definition) is 4. The molecule has 0 spiro atoms. The van der Waals surface area contributed by atoms with Crippen LogP contribution in [0.25, 0.3) is 0 Å². The molecule has 1 saturated heterocycles. The number of amides is 1. The standard InChI is InChI=1S/C23H26N4O2/c1-26-15-22(25-17-26)23(28)27-11-8-19(9-12-27)13-18-4-6-20(7-5-18)16-29-21-3-2-10-24-14-21/h2-7,10,14-15,17,19H,8-9,11-13,16H2,1H3. The Morgan fingerprint density at radius 2 is 1.90 bits per heavy atom. The van der Waals surface area contributed by atoms with Gasteiger partial charge in [-0.1, -0.05) is 24.3 Å². The van der Waals surface area contributed by atoms with E-state index in [2.05, 4.69) is 34.2 Å². The van der Waals surface area contributed by atoms with Gasteiger partial charge in [0.2, 0.25) is 0 Å². The van der Waals surface area contributed by atoms with Crippen molar-refractivity contribution in [2.75, 3.05) is 13.1 Å². The largest absolute Gasteiger partial charge is 0.487 e. The Labute approximate surface area is 171 Å². The zero-order chi connectivity index (χ0) is 20.1. The molecule has 1 amide bonds. The number of rotatable bonds is 6. The van der Waals surface area contributed by atoms with Crippen LogP contribution in [-0.4, -0.2) is 38.4 Å². The zero-order valence-corrected chi connectivity index (χ0v) is 16.7. The molecule has 0 unspecified atom stereocenters. The monoisotopic (exact) mass is 390 g/mol. The molecule has 0 aliphatic carbocycles. The number of nitrogens with zero attached hydrogens (tertiary/aromatic N) is 4. The van der Waals surface area contributed by atoms with Crippen LogP contribution in [0.2, 0.25) is 0 Å². The predicted octanol–water partition coefficient (Wildman–Crippen LogP) is 3.49. The highest BCUT2D eigenvalue weighted by Crippen LogP contribution is 2.23. The van der Waals surface area contributed by atoms with E-state index < -0.39 is 0 Å². The molecular weight excluding hydrogens is 364 g/mol. The maximum absolute atomic E-state index is 12.5. The van der Waals surface area contributed by atoms with E-state index in [-0.39, 0.29) is 5.91 Å². The molecule has 0 radical (unpaired) electrons. The van der Waals surface area contributed by atoms with Crippen LogP contribution in [0, 0.1) is 5.92 Å². The van der Waals surface area contributed by atoms with Crippen LogP contribution in [0.4, 0.5) is 0 Å². The Hall–Kier alpha value is -3.15. The molecule has 3 heterocycles. The molecule has 1 aliphatic heterocycles. The van der Waals surface area contributed by atoms with Gasteiger partial charge in [0.15, 0.2) is 0 Å². The van der Waals surface area contributed by atoms with E-state index in [0.29, 0.717) is 18.2 Å². The second-order valence-corrected chi connectivity index (χ2v) is 7.66. The van der Waals surface area contributed by atoms with E-state index in [1.807, 2.05) is 28.6 Å². The first-order valence-electron chi connectivity index (χ1n) is 10.1. The first-order valence-corrected chi connectivity index (χ1v) is 10.1. The smallest absolute Gasteiger partial charge is 0.274 e. The van der Waals surface area contributed by atoms with Crippen molar-refractivity contribution in [1.82, 2.24) is 19.4 Å². The zero-order valence-electron chi connectivity index (χ0n) is 16.7. The van der Waals surface area contributed by atoms with E-state index in [1.165, 1.54) is 5.56 Å². The second kappa shape index (κ2) is 8.90. The number of pyridine rings is 1. The number of imidazole rings is 1. The van der Waals surface area contributed by atoms with Gasteiger partial charge in [0.25, 0.3) is 5.91 Å². The van der Waals surface area contributed by atoms with Gasteiger partial charge in [-0.15, -0.1) is 0 Å². The van der Waals surface area contributed by atoms with Gasteiger partial charge in [-0.3, -0.25) is 9.78 Å². The van der Waals surface area contributed by atoms with Gasteiger partial charge in [-0.25, -0.2) is 4.98 Å². The number of carbonyl (C=O) groups excluding carboxylic acids is 1. The average Bonchev–Trinajstić information content (AvgIpc) is 3.20. The Bertz CT molecular complexity index is 929. The van der Waals surface area contributed by atoms with Crippen molar-refractivity contribution >= 4 is 5.91 Å². The van der Waals surface area contributed by atoms with Crippen molar-refractivity contribution in [3.63, 3.8) is 0 Å². The fourth-order valence-electron chi connectivity index (χ4n) is 3.73. The SMILES string of the molecule is Cn1cnc(C(=O)N2CCC(Cc3ccc(COc4cccnc4)cc3)CC2)c1. The number of aromatic nitrogens is 3. The number of ether oxygens (including phenoxy) is 1. The molecule has 0 saturated carbocycles. The van der Waals surface area contributed by atoms with Gasteiger partial charge in [0, 0.05) is 32.5 Å². The molecule has 1 fully saturated rings. The van der Waals surface area contributed by atoms with Crippen molar-refractivity contribution in [3.05, 3.63) is 78.1 Å². The van der Waals surface area contributed by atoms with Gasteiger partial charge in [0.1, 0.15) is 18.1 Å². The molecule has 0 atom stereocenters. The third kappa shape index (κ3) is 5.02. The number of aryl methyl sites for hydroxylation is 1. The molecule has 0 bridgehead atoms. The summed E-state index contributed by atoms with van der Waals surface area (Å²) < 4.78 is 7.56. The van der Waals surface area contributed by atoms with Gasteiger partial charge in [-0.2, -0.15) is 0 Å². The number of hydrogen-bond donors (Lipinski definition) is 0. The molecule has 29 heavy (non-hydrogen) atoms. The summed E-state index contributed by atoms with van der Waals surface area (Å²) in [6.07, 6.45) is 10.0. The van der Waals surface area contributed by atoms with Gasteiger partial charge < -0.3 is 14.2 Å². The van der Waals surface area contributed by atoms with Crippen LogP contribution in [0.15, 0.2) is 61.3 Å². The van der Waals surface area contributed by atoms with Gasteiger partial charge >= 0.3 is 0 Å². The lowest BCUT2D eigenvalue weighted by atomic mass is 9.90. The van der Waals surface area contributed by atoms with Crippen molar-refractivity contribution in [2.24, 2.45) is 13.0 Å². The summed E-state index contributed by atoms with van der Waals surface area (Å²) >= 11 is 0. The number of benzene rings is 1. The summed E-state index contributed by atoms with van der Waals surface area (Å²) in [5, 5.41) is 0. The summed E-state index contributed by atoms with van der Waals surface area (Å²) in [6, 6.07) is 12.4. The fraction of sp³-hybridized carbons (Fsp3) is 0.348. The number of piperidine rings is 1. The number of carbonyl (C=O) groups is 1. The third-order valence-corrected chi connectivity index (χ3v) is 5.41. The topological polar surface area (TPSA) is 60.2 Å². The minimum absolute atomic E-state index is 0.0435. The molecule has 3 aromatic rings. The summed E-state index contributed by atoms with van der Waals surface area (Å²) in [5.74, 6) is 1.44. The minimum Gasteiger partial charge on any atom is -0.487 e. The molecule has 2 aromatic heterocycles. The third-order valence-electron chi connectivity index (χ3n) is 5.41. The van der Waals surface area contributed by atoms with E-state index in [4.69, 9.17) is 4.74 Å². The Morgan fingerprint density at radius 3 is 2.55 bits per heavy atom. The van der Waals surface area contributed by atoms with Crippen molar-refractivity contribution in [1.29, 1.82) is 0 Å². The van der Waals surface area contributed by atoms with Crippen LogP contribution in [0.3, 0.4) is 0 Å².